The highest BCUT2D eigenvalue weighted by Crippen LogP contribution is 2.30. The van der Waals surface area contributed by atoms with Gasteiger partial charge < -0.3 is 5.73 Å². The highest BCUT2D eigenvalue weighted by Gasteiger charge is 2.16. The van der Waals surface area contributed by atoms with Crippen LogP contribution in [-0.4, -0.2) is 0 Å². The molecular weight excluding hydrogens is 218 g/mol. The molecule has 2 N–H and O–H groups in total. The van der Waals surface area contributed by atoms with E-state index in [1.807, 2.05) is 25.1 Å². The van der Waals surface area contributed by atoms with E-state index in [4.69, 9.17) is 17.3 Å². The molecule has 0 aromatic heterocycles. The lowest BCUT2D eigenvalue weighted by Crippen LogP contribution is -2.15. The number of nitrogens with two attached hydrogens (primary N) is 1. The highest BCUT2D eigenvalue weighted by molar-refractivity contribution is 6.32. The molecule has 1 aromatic carbocycles. The lowest BCUT2D eigenvalue weighted by atomic mass is 9.87. The molecule has 2 heteroatoms. The minimum absolute atomic E-state index is 0.0478. The van der Waals surface area contributed by atoms with Gasteiger partial charge in [0.05, 0.1) is 0 Å². The number of halogens is 1. The Bertz CT molecular complexity index is 352. The molecule has 1 rings (SSSR count). The molecule has 0 aliphatic heterocycles. The number of rotatable bonds is 3. The second-order valence-electron chi connectivity index (χ2n) is 5.68. The lowest BCUT2D eigenvalue weighted by molar-refractivity contribution is 0.350. The van der Waals surface area contributed by atoms with Crippen molar-refractivity contribution < 1.29 is 0 Å². The summed E-state index contributed by atoms with van der Waals surface area (Å²) in [5.74, 6) is 0. The maximum absolute atomic E-state index is 6.26. The van der Waals surface area contributed by atoms with Gasteiger partial charge in [-0.05, 0) is 36.3 Å². The fourth-order valence-electron chi connectivity index (χ4n) is 1.70. The van der Waals surface area contributed by atoms with Crippen LogP contribution in [0.2, 0.25) is 5.02 Å². The van der Waals surface area contributed by atoms with Crippen molar-refractivity contribution >= 4 is 11.6 Å². The maximum atomic E-state index is 6.26. The van der Waals surface area contributed by atoms with E-state index in [1.54, 1.807) is 0 Å². The van der Waals surface area contributed by atoms with Gasteiger partial charge >= 0.3 is 0 Å². The van der Waals surface area contributed by atoms with Crippen molar-refractivity contribution in [2.75, 3.05) is 0 Å². The van der Waals surface area contributed by atoms with Crippen molar-refractivity contribution in [1.29, 1.82) is 0 Å². The number of benzene rings is 1. The summed E-state index contributed by atoms with van der Waals surface area (Å²) in [6.45, 7) is 8.72. The summed E-state index contributed by atoms with van der Waals surface area (Å²) < 4.78 is 0. The van der Waals surface area contributed by atoms with Gasteiger partial charge in [0.25, 0.3) is 0 Å². The minimum Gasteiger partial charge on any atom is -0.324 e. The Labute approximate surface area is 104 Å². The van der Waals surface area contributed by atoms with Crippen molar-refractivity contribution in [2.24, 2.45) is 11.1 Å². The van der Waals surface area contributed by atoms with Crippen molar-refractivity contribution in [1.82, 2.24) is 0 Å². The quantitative estimate of drug-likeness (QED) is 0.827. The lowest BCUT2D eigenvalue weighted by Gasteiger charge is -2.22. The molecule has 0 spiro atoms. The Balaban J connectivity index is 2.73. The first kappa shape index (κ1) is 13.5. The molecule has 90 valence electrons. The smallest absolute Gasteiger partial charge is 0.0482 e. The molecule has 0 aliphatic rings. The fraction of sp³-hybridized carbons (Fsp3) is 0.571. The number of hydrogen-bond acceptors (Lipinski definition) is 1. The van der Waals surface area contributed by atoms with E-state index in [1.165, 1.54) is 0 Å². The molecule has 0 amide bonds. The van der Waals surface area contributed by atoms with Crippen molar-refractivity contribution in [2.45, 2.75) is 46.6 Å². The molecular formula is C14H22ClN. The van der Waals surface area contributed by atoms with E-state index in [0.29, 0.717) is 5.41 Å². The summed E-state index contributed by atoms with van der Waals surface area (Å²) in [4.78, 5) is 0. The van der Waals surface area contributed by atoms with Gasteiger partial charge in [-0.15, -0.1) is 0 Å². The summed E-state index contributed by atoms with van der Waals surface area (Å²) >= 11 is 6.26. The third kappa shape index (κ3) is 3.80. The van der Waals surface area contributed by atoms with Crippen LogP contribution in [0.25, 0.3) is 0 Å². The van der Waals surface area contributed by atoms with Crippen LogP contribution in [0.5, 0.6) is 0 Å². The average molecular weight is 240 g/mol. The molecule has 0 radical (unpaired) electrons. The minimum atomic E-state index is 0.0478. The molecule has 1 nitrogen and oxygen atoms in total. The standard InChI is InChI=1S/C14H22ClN/c1-10-6-5-7-11(13(10)15)12(16)8-9-14(2,3)4/h5-7,12H,8-9,16H2,1-4H3. The van der Waals surface area contributed by atoms with E-state index in [2.05, 4.69) is 20.8 Å². The molecule has 0 saturated heterocycles. The molecule has 0 fully saturated rings. The third-order valence-corrected chi connectivity index (χ3v) is 3.34. The molecule has 16 heavy (non-hydrogen) atoms. The summed E-state index contributed by atoms with van der Waals surface area (Å²) in [6.07, 6.45) is 2.09. The summed E-state index contributed by atoms with van der Waals surface area (Å²) in [5.41, 5.74) is 8.69. The van der Waals surface area contributed by atoms with Gasteiger partial charge in [-0.3, -0.25) is 0 Å². The van der Waals surface area contributed by atoms with Gasteiger partial charge in [0.2, 0.25) is 0 Å². The first-order valence-electron chi connectivity index (χ1n) is 5.82. The van der Waals surface area contributed by atoms with Crippen LogP contribution in [0.3, 0.4) is 0 Å². The third-order valence-electron chi connectivity index (χ3n) is 2.83. The van der Waals surface area contributed by atoms with Crippen LogP contribution >= 0.6 is 11.6 Å². The Morgan fingerprint density at radius 2 is 1.94 bits per heavy atom. The van der Waals surface area contributed by atoms with E-state index in [0.717, 1.165) is 29.0 Å². The number of aryl methyl sites for hydroxylation is 1. The number of hydrogen-bond donors (Lipinski definition) is 1. The van der Waals surface area contributed by atoms with Gasteiger partial charge in [0.1, 0.15) is 0 Å². The zero-order chi connectivity index (χ0) is 12.3. The first-order valence-corrected chi connectivity index (χ1v) is 6.19. The largest absolute Gasteiger partial charge is 0.324 e. The molecule has 0 heterocycles. The first-order chi connectivity index (χ1) is 7.31. The van der Waals surface area contributed by atoms with Crippen LogP contribution in [0, 0.1) is 12.3 Å². The van der Waals surface area contributed by atoms with Gasteiger partial charge in [-0.25, -0.2) is 0 Å². The molecule has 0 saturated carbocycles. The van der Waals surface area contributed by atoms with E-state index < -0.39 is 0 Å². The summed E-state index contributed by atoms with van der Waals surface area (Å²) in [6, 6.07) is 6.12. The van der Waals surface area contributed by atoms with Gasteiger partial charge in [0.15, 0.2) is 0 Å². The molecule has 1 aromatic rings. The predicted molar refractivity (Wildman–Crippen MR) is 71.8 cm³/mol. The second kappa shape index (κ2) is 5.20. The predicted octanol–water partition coefficient (Wildman–Crippen LogP) is 4.47. The molecule has 0 aliphatic carbocycles. The van der Waals surface area contributed by atoms with Crippen LogP contribution in [0.15, 0.2) is 18.2 Å². The van der Waals surface area contributed by atoms with E-state index >= 15 is 0 Å². The Morgan fingerprint density at radius 3 is 2.50 bits per heavy atom. The highest BCUT2D eigenvalue weighted by atomic mass is 35.5. The van der Waals surface area contributed by atoms with Crippen LogP contribution in [0.1, 0.15) is 50.8 Å². The monoisotopic (exact) mass is 239 g/mol. The second-order valence-corrected chi connectivity index (χ2v) is 6.06. The average Bonchev–Trinajstić information content (AvgIpc) is 2.17. The summed E-state index contributed by atoms with van der Waals surface area (Å²) in [7, 11) is 0. The molecule has 0 bridgehead atoms. The van der Waals surface area contributed by atoms with E-state index in [9.17, 15) is 0 Å². The zero-order valence-corrected chi connectivity index (χ0v) is 11.4. The van der Waals surface area contributed by atoms with Crippen LogP contribution in [0.4, 0.5) is 0 Å². The fourth-order valence-corrected chi connectivity index (χ4v) is 1.97. The van der Waals surface area contributed by atoms with E-state index in [-0.39, 0.29) is 6.04 Å². The van der Waals surface area contributed by atoms with Crippen molar-refractivity contribution in [3.63, 3.8) is 0 Å². The molecule has 1 unspecified atom stereocenters. The van der Waals surface area contributed by atoms with Gasteiger partial charge in [-0.2, -0.15) is 0 Å². The topological polar surface area (TPSA) is 26.0 Å². The Hall–Kier alpha value is -0.530. The van der Waals surface area contributed by atoms with Crippen LogP contribution in [-0.2, 0) is 0 Å². The van der Waals surface area contributed by atoms with Crippen molar-refractivity contribution in [3.8, 4) is 0 Å². The Kier molecular flexibility index (Phi) is 4.40. The SMILES string of the molecule is Cc1cccc(C(N)CCC(C)(C)C)c1Cl. The summed E-state index contributed by atoms with van der Waals surface area (Å²) in [5, 5.41) is 0.823. The maximum Gasteiger partial charge on any atom is 0.0482 e. The normalized spacial score (nSPS) is 13.9. The Morgan fingerprint density at radius 1 is 1.31 bits per heavy atom. The van der Waals surface area contributed by atoms with Crippen LogP contribution < -0.4 is 5.73 Å². The van der Waals surface area contributed by atoms with Gasteiger partial charge in [0, 0.05) is 11.1 Å². The van der Waals surface area contributed by atoms with Gasteiger partial charge in [-0.1, -0.05) is 50.6 Å². The molecule has 1 atom stereocenters. The van der Waals surface area contributed by atoms with Crippen molar-refractivity contribution in [3.05, 3.63) is 34.3 Å². The zero-order valence-electron chi connectivity index (χ0n) is 10.7.